The lowest BCUT2D eigenvalue weighted by atomic mass is 10.1. The van der Waals surface area contributed by atoms with Crippen LogP contribution in [0.3, 0.4) is 0 Å². The molecule has 2 aromatic carbocycles. The monoisotopic (exact) mass is 338 g/mol. The van der Waals surface area contributed by atoms with Crippen LogP contribution in [0, 0.1) is 13.8 Å². The van der Waals surface area contributed by atoms with Crippen molar-refractivity contribution >= 4 is 16.9 Å². The van der Waals surface area contributed by atoms with Crippen molar-refractivity contribution in [3.8, 4) is 5.75 Å². The van der Waals surface area contributed by atoms with Crippen LogP contribution in [0.15, 0.2) is 57.7 Å². The van der Waals surface area contributed by atoms with Gasteiger partial charge >= 0.3 is 11.6 Å². The Balaban J connectivity index is 2.02. The van der Waals surface area contributed by atoms with E-state index in [1.165, 1.54) is 7.11 Å². The number of carbonyl (C=O) groups is 1. The lowest BCUT2D eigenvalue weighted by Crippen LogP contribution is -2.20. The van der Waals surface area contributed by atoms with Crippen LogP contribution < -0.4 is 10.4 Å². The Morgan fingerprint density at radius 1 is 1.04 bits per heavy atom. The quantitative estimate of drug-likeness (QED) is 0.536. The van der Waals surface area contributed by atoms with Gasteiger partial charge in [0.15, 0.2) is 0 Å². The van der Waals surface area contributed by atoms with Crippen molar-refractivity contribution < 1.29 is 18.7 Å². The number of ether oxygens (including phenoxy) is 2. The van der Waals surface area contributed by atoms with Crippen molar-refractivity contribution in [2.75, 3.05) is 7.11 Å². The van der Waals surface area contributed by atoms with Crippen molar-refractivity contribution in [2.24, 2.45) is 0 Å². The normalized spacial score (nSPS) is 12.0. The minimum absolute atomic E-state index is 0.380. The van der Waals surface area contributed by atoms with Crippen LogP contribution in [0.1, 0.15) is 22.8 Å². The van der Waals surface area contributed by atoms with Gasteiger partial charge in [0.25, 0.3) is 0 Å². The molecule has 0 aliphatic heterocycles. The van der Waals surface area contributed by atoms with Gasteiger partial charge in [0.05, 0.1) is 7.11 Å². The smallest absolute Gasteiger partial charge is 0.351 e. The van der Waals surface area contributed by atoms with Crippen molar-refractivity contribution in [1.82, 2.24) is 0 Å². The maximum atomic E-state index is 12.1. The zero-order valence-corrected chi connectivity index (χ0v) is 14.2. The van der Waals surface area contributed by atoms with Gasteiger partial charge in [-0.15, -0.1) is 0 Å². The Labute approximate surface area is 144 Å². The second-order valence-corrected chi connectivity index (χ2v) is 5.73. The minimum atomic E-state index is -0.901. The standard InChI is InChI=1S/C20H18O5/c1-12-13(2)19(21)25-17-11-15(9-10-16(12)17)24-18(20(22)23-3)14-7-5-4-6-8-14/h4-11,18H,1-3H3/t18-/m0/s1. The summed E-state index contributed by atoms with van der Waals surface area (Å²) in [6.45, 7) is 3.60. The third kappa shape index (κ3) is 3.26. The molecule has 0 spiro atoms. The number of rotatable bonds is 4. The molecule has 0 bridgehead atoms. The minimum Gasteiger partial charge on any atom is -0.474 e. The number of benzene rings is 2. The first-order chi connectivity index (χ1) is 12.0. The predicted octanol–water partition coefficient (Wildman–Crippen LogP) is 3.70. The number of carbonyl (C=O) groups excluding carboxylic acids is 1. The molecule has 0 aliphatic rings. The van der Waals surface area contributed by atoms with Gasteiger partial charge in [0.1, 0.15) is 11.3 Å². The van der Waals surface area contributed by atoms with E-state index in [0.717, 1.165) is 10.9 Å². The molecule has 5 nitrogen and oxygen atoms in total. The summed E-state index contributed by atoms with van der Waals surface area (Å²) in [5.74, 6) is -0.0917. The van der Waals surface area contributed by atoms with E-state index in [0.29, 0.717) is 22.5 Å². The maximum Gasteiger partial charge on any atom is 0.351 e. The Morgan fingerprint density at radius 3 is 2.44 bits per heavy atom. The zero-order chi connectivity index (χ0) is 18.0. The molecule has 0 unspecified atom stereocenters. The lowest BCUT2D eigenvalue weighted by molar-refractivity contribution is -0.149. The Hall–Kier alpha value is -3.08. The highest BCUT2D eigenvalue weighted by Gasteiger charge is 2.23. The third-order valence-corrected chi connectivity index (χ3v) is 4.20. The molecule has 0 saturated carbocycles. The van der Waals surface area contributed by atoms with Gasteiger partial charge in [-0.2, -0.15) is 0 Å². The van der Waals surface area contributed by atoms with E-state index in [9.17, 15) is 9.59 Å². The fourth-order valence-electron chi connectivity index (χ4n) is 2.62. The zero-order valence-electron chi connectivity index (χ0n) is 14.2. The van der Waals surface area contributed by atoms with E-state index in [1.54, 1.807) is 31.2 Å². The maximum absolute atomic E-state index is 12.1. The Bertz CT molecular complexity index is 973. The lowest BCUT2D eigenvalue weighted by Gasteiger charge is -2.17. The Morgan fingerprint density at radius 2 is 1.76 bits per heavy atom. The molecule has 128 valence electrons. The molecule has 0 radical (unpaired) electrons. The van der Waals surface area contributed by atoms with Gasteiger partial charge in [0.2, 0.25) is 6.10 Å². The molecule has 0 fully saturated rings. The van der Waals surface area contributed by atoms with Gasteiger partial charge in [0, 0.05) is 22.6 Å². The van der Waals surface area contributed by atoms with Gasteiger partial charge in [-0.25, -0.2) is 9.59 Å². The van der Waals surface area contributed by atoms with Gasteiger partial charge in [-0.1, -0.05) is 30.3 Å². The highest BCUT2D eigenvalue weighted by molar-refractivity contribution is 5.82. The summed E-state index contributed by atoms with van der Waals surface area (Å²) in [7, 11) is 1.31. The molecule has 0 saturated heterocycles. The topological polar surface area (TPSA) is 65.7 Å². The molecular formula is C20H18O5. The van der Waals surface area contributed by atoms with Crippen LogP contribution in [-0.2, 0) is 9.53 Å². The van der Waals surface area contributed by atoms with Crippen molar-refractivity contribution in [2.45, 2.75) is 20.0 Å². The van der Waals surface area contributed by atoms with Crippen LogP contribution in [0.25, 0.3) is 11.0 Å². The number of esters is 1. The summed E-state index contributed by atoms with van der Waals surface area (Å²) in [4.78, 5) is 24.0. The van der Waals surface area contributed by atoms with E-state index < -0.39 is 12.1 Å². The second kappa shape index (κ2) is 6.81. The molecule has 1 atom stereocenters. The first-order valence-corrected chi connectivity index (χ1v) is 7.84. The van der Waals surface area contributed by atoms with E-state index in [1.807, 2.05) is 31.2 Å². The van der Waals surface area contributed by atoms with E-state index in [4.69, 9.17) is 13.9 Å². The first kappa shape index (κ1) is 16.8. The van der Waals surface area contributed by atoms with Crippen LogP contribution in [-0.4, -0.2) is 13.1 Å². The molecular weight excluding hydrogens is 320 g/mol. The van der Waals surface area contributed by atoms with Crippen LogP contribution in [0.2, 0.25) is 0 Å². The van der Waals surface area contributed by atoms with Crippen molar-refractivity contribution in [3.63, 3.8) is 0 Å². The molecule has 5 heteroatoms. The van der Waals surface area contributed by atoms with Crippen molar-refractivity contribution in [3.05, 3.63) is 75.6 Å². The molecule has 25 heavy (non-hydrogen) atoms. The third-order valence-electron chi connectivity index (χ3n) is 4.20. The van der Waals surface area contributed by atoms with Crippen LogP contribution in [0.5, 0.6) is 5.75 Å². The summed E-state index contributed by atoms with van der Waals surface area (Å²) in [6, 6.07) is 14.2. The molecule has 3 rings (SSSR count). The highest BCUT2D eigenvalue weighted by atomic mass is 16.6. The van der Waals surface area contributed by atoms with E-state index in [-0.39, 0.29) is 5.63 Å². The molecule has 0 aliphatic carbocycles. The fourth-order valence-corrected chi connectivity index (χ4v) is 2.62. The Kier molecular flexibility index (Phi) is 4.57. The number of methoxy groups -OCH3 is 1. The van der Waals surface area contributed by atoms with E-state index >= 15 is 0 Å². The predicted molar refractivity (Wildman–Crippen MR) is 93.8 cm³/mol. The summed E-state index contributed by atoms with van der Waals surface area (Å²) in [5.41, 5.74) is 2.16. The van der Waals surface area contributed by atoms with Crippen LogP contribution in [0.4, 0.5) is 0 Å². The average Bonchev–Trinajstić information content (AvgIpc) is 2.64. The summed E-state index contributed by atoms with van der Waals surface area (Å²) >= 11 is 0. The van der Waals surface area contributed by atoms with Crippen molar-refractivity contribution in [1.29, 1.82) is 0 Å². The molecule has 0 N–H and O–H groups in total. The first-order valence-electron chi connectivity index (χ1n) is 7.84. The van der Waals surface area contributed by atoms with Gasteiger partial charge < -0.3 is 13.9 Å². The van der Waals surface area contributed by atoms with E-state index in [2.05, 4.69) is 0 Å². The number of hydrogen-bond donors (Lipinski definition) is 0. The number of aryl methyl sites for hydroxylation is 1. The largest absolute Gasteiger partial charge is 0.474 e. The second-order valence-electron chi connectivity index (χ2n) is 5.73. The molecule has 1 heterocycles. The highest BCUT2D eigenvalue weighted by Crippen LogP contribution is 2.28. The molecule has 0 amide bonds. The fraction of sp³-hybridized carbons (Fsp3) is 0.200. The number of hydrogen-bond acceptors (Lipinski definition) is 5. The summed E-state index contributed by atoms with van der Waals surface area (Å²) in [5, 5.41) is 0.832. The molecule has 1 aromatic heterocycles. The SMILES string of the molecule is COC(=O)[C@@H](Oc1ccc2c(C)c(C)c(=O)oc2c1)c1ccccc1. The average molecular weight is 338 g/mol. The summed E-state index contributed by atoms with van der Waals surface area (Å²) in [6.07, 6.45) is -0.901. The summed E-state index contributed by atoms with van der Waals surface area (Å²) < 4.78 is 16.0. The number of fused-ring (bicyclic) bond motifs is 1. The molecule has 3 aromatic rings. The van der Waals surface area contributed by atoms with Crippen LogP contribution >= 0.6 is 0 Å². The van der Waals surface area contributed by atoms with Gasteiger partial charge in [-0.3, -0.25) is 0 Å². The van der Waals surface area contributed by atoms with Gasteiger partial charge in [-0.05, 0) is 31.5 Å².